The SMILES string of the molecule is O=C(Nc1ccc(OC(=O)c2cc(Br)ccc2Cl)c(-c2nc3cnccc3o2)c1)c1cc(Br)ccc1Cl. The summed E-state index contributed by atoms with van der Waals surface area (Å²) in [5.74, 6) is -0.783. The molecule has 0 aliphatic carbocycles. The average molecular weight is 662 g/mol. The van der Waals surface area contributed by atoms with E-state index < -0.39 is 11.9 Å². The van der Waals surface area contributed by atoms with Crippen molar-refractivity contribution < 1.29 is 18.7 Å². The molecule has 0 aliphatic rings. The summed E-state index contributed by atoms with van der Waals surface area (Å²) in [6.07, 6.45) is 3.13. The Bertz CT molecular complexity index is 1660. The summed E-state index contributed by atoms with van der Waals surface area (Å²) < 4.78 is 13.0. The van der Waals surface area contributed by atoms with Gasteiger partial charge in [0.15, 0.2) is 5.58 Å². The van der Waals surface area contributed by atoms with Crippen molar-refractivity contribution in [2.45, 2.75) is 0 Å². The minimum atomic E-state index is -0.678. The van der Waals surface area contributed by atoms with Gasteiger partial charge in [0.25, 0.3) is 5.91 Å². The van der Waals surface area contributed by atoms with Crippen molar-refractivity contribution in [1.82, 2.24) is 9.97 Å². The van der Waals surface area contributed by atoms with E-state index in [1.54, 1.807) is 67.0 Å². The lowest BCUT2D eigenvalue weighted by Gasteiger charge is -2.12. The van der Waals surface area contributed by atoms with E-state index in [0.29, 0.717) is 36.3 Å². The zero-order valence-corrected chi connectivity index (χ0v) is 23.2. The third kappa shape index (κ3) is 5.55. The van der Waals surface area contributed by atoms with Crippen molar-refractivity contribution in [1.29, 1.82) is 0 Å². The zero-order valence-electron chi connectivity index (χ0n) is 18.5. The molecule has 0 aliphatic heterocycles. The van der Waals surface area contributed by atoms with E-state index in [9.17, 15) is 9.59 Å². The highest BCUT2D eigenvalue weighted by Crippen LogP contribution is 2.35. The molecule has 184 valence electrons. The predicted molar refractivity (Wildman–Crippen MR) is 148 cm³/mol. The fourth-order valence-corrected chi connectivity index (χ4v) is 4.56. The van der Waals surface area contributed by atoms with Gasteiger partial charge in [0.1, 0.15) is 11.3 Å². The fraction of sp³-hybridized carbons (Fsp3) is 0. The van der Waals surface area contributed by atoms with Gasteiger partial charge in [0, 0.05) is 26.9 Å². The van der Waals surface area contributed by atoms with Gasteiger partial charge >= 0.3 is 5.97 Å². The van der Waals surface area contributed by atoms with Gasteiger partial charge in [-0.05, 0) is 54.6 Å². The first-order valence-electron chi connectivity index (χ1n) is 10.6. The Kier molecular flexibility index (Phi) is 7.30. The molecular formula is C26H13Br2Cl2N3O4. The number of hydrogen-bond donors (Lipinski definition) is 1. The predicted octanol–water partition coefficient (Wildman–Crippen LogP) is 8.19. The van der Waals surface area contributed by atoms with Crippen molar-refractivity contribution in [3.05, 3.63) is 103 Å². The summed E-state index contributed by atoms with van der Waals surface area (Å²) in [5.41, 5.74) is 2.19. The number of ether oxygens (including phenoxy) is 1. The molecule has 2 aromatic heterocycles. The number of hydrogen-bond acceptors (Lipinski definition) is 6. The van der Waals surface area contributed by atoms with Crippen LogP contribution < -0.4 is 10.1 Å². The number of pyridine rings is 1. The maximum Gasteiger partial charge on any atom is 0.345 e. The number of aromatic nitrogens is 2. The molecule has 37 heavy (non-hydrogen) atoms. The molecule has 0 atom stereocenters. The van der Waals surface area contributed by atoms with Gasteiger partial charge in [-0.2, -0.15) is 0 Å². The molecule has 0 fully saturated rings. The van der Waals surface area contributed by atoms with Crippen LogP contribution in [-0.4, -0.2) is 21.8 Å². The first kappa shape index (κ1) is 25.4. The number of rotatable bonds is 5. The Morgan fingerprint density at radius 2 is 1.59 bits per heavy atom. The Morgan fingerprint density at radius 3 is 2.32 bits per heavy atom. The number of nitrogens with zero attached hydrogens (tertiary/aromatic N) is 2. The molecule has 0 radical (unpaired) electrons. The van der Waals surface area contributed by atoms with Crippen LogP contribution in [-0.2, 0) is 0 Å². The normalized spacial score (nSPS) is 10.9. The topological polar surface area (TPSA) is 94.3 Å². The third-order valence-electron chi connectivity index (χ3n) is 5.18. The number of benzene rings is 3. The van der Waals surface area contributed by atoms with Crippen LogP contribution in [0.25, 0.3) is 22.6 Å². The summed E-state index contributed by atoms with van der Waals surface area (Å²) in [6, 6.07) is 16.2. The molecule has 0 spiro atoms. The van der Waals surface area contributed by atoms with Crippen molar-refractivity contribution >= 4 is 83.7 Å². The Balaban J connectivity index is 1.54. The summed E-state index contributed by atoms with van der Waals surface area (Å²) in [4.78, 5) is 34.4. The van der Waals surface area contributed by atoms with Crippen LogP contribution in [0, 0.1) is 0 Å². The standard InChI is InChI=1S/C26H13Br2Cl2N3O4/c27-13-1-4-19(29)16(9-13)24(34)32-15-3-6-22(37-26(35)17-10-14(28)2-5-20(17)30)18(11-15)25-33-21-12-31-8-7-23(21)36-25/h1-12H,(H,32,34). The average Bonchev–Trinajstić information content (AvgIpc) is 3.32. The Morgan fingerprint density at radius 1 is 0.892 bits per heavy atom. The second-order valence-electron chi connectivity index (χ2n) is 7.67. The number of fused-ring (bicyclic) bond motifs is 1. The van der Waals surface area contributed by atoms with E-state index in [4.69, 9.17) is 32.4 Å². The highest BCUT2D eigenvalue weighted by atomic mass is 79.9. The summed E-state index contributed by atoms with van der Waals surface area (Å²) >= 11 is 19.1. The summed E-state index contributed by atoms with van der Waals surface area (Å²) in [7, 11) is 0. The van der Waals surface area contributed by atoms with Crippen molar-refractivity contribution in [3.8, 4) is 17.2 Å². The second kappa shape index (κ2) is 10.6. The van der Waals surface area contributed by atoms with Gasteiger partial charge in [-0.15, -0.1) is 0 Å². The van der Waals surface area contributed by atoms with Gasteiger partial charge in [-0.3, -0.25) is 9.78 Å². The lowest BCUT2D eigenvalue weighted by molar-refractivity contribution is 0.0735. The smallest absolute Gasteiger partial charge is 0.345 e. The van der Waals surface area contributed by atoms with Crippen LogP contribution in [0.5, 0.6) is 5.75 Å². The van der Waals surface area contributed by atoms with E-state index >= 15 is 0 Å². The number of amides is 1. The minimum absolute atomic E-state index is 0.152. The molecule has 1 N–H and O–H groups in total. The van der Waals surface area contributed by atoms with Gasteiger partial charge in [0.2, 0.25) is 5.89 Å². The van der Waals surface area contributed by atoms with Crippen LogP contribution in [0.1, 0.15) is 20.7 Å². The van der Waals surface area contributed by atoms with Gasteiger partial charge in [0.05, 0.1) is 32.9 Å². The molecule has 5 aromatic rings. The highest BCUT2D eigenvalue weighted by Gasteiger charge is 2.21. The van der Waals surface area contributed by atoms with Gasteiger partial charge in [-0.1, -0.05) is 55.1 Å². The van der Waals surface area contributed by atoms with Crippen LogP contribution in [0.15, 0.2) is 86.4 Å². The van der Waals surface area contributed by atoms with E-state index in [-0.39, 0.29) is 27.8 Å². The minimum Gasteiger partial charge on any atom is -0.436 e. The van der Waals surface area contributed by atoms with Crippen LogP contribution in [0.3, 0.4) is 0 Å². The van der Waals surface area contributed by atoms with Crippen LogP contribution >= 0.6 is 55.1 Å². The Labute approximate surface area is 237 Å². The van der Waals surface area contributed by atoms with Crippen LogP contribution in [0.4, 0.5) is 5.69 Å². The molecule has 0 unspecified atom stereocenters. The first-order valence-corrected chi connectivity index (χ1v) is 12.9. The van der Waals surface area contributed by atoms with E-state index in [2.05, 4.69) is 47.1 Å². The quantitative estimate of drug-likeness (QED) is 0.151. The third-order valence-corrected chi connectivity index (χ3v) is 6.83. The molecule has 2 heterocycles. The first-order chi connectivity index (χ1) is 17.8. The van der Waals surface area contributed by atoms with Crippen LogP contribution in [0.2, 0.25) is 10.0 Å². The summed E-state index contributed by atoms with van der Waals surface area (Å²) in [5, 5.41) is 3.33. The molecule has 1 amide bonds. The van der Waals surface area contributed by atoms with Gasteiger partial charge in [-0.25, -0.2) is 9.78 Å². The molecule has 11 heteroatoms. The molecule has 0 saturated carbocycles. The number of carbonyl (C=O) groups excluding carboxylic acids is 2. The number of carbonyl (C=O) groups is 2. The Hall–Kier alpha value is -3.24. The van der Waals surface area contributed by atoms with Crippen molar-refractivity contribution in [2.24, 2.45) is 0 Å². The number of esters is 1. The largest absolute Gasteiger partial charge is 0.436 e. The number of nitrogens with one attached hydrogen (secondary N) is 1. The lowest BCUT2D eigenvalue weighted by Crippen LogP contribution is -2.13. The lowest BCUT2D eigenvalue weighted by atomic mass is 10.1. The van der Waals surface area contributed by atoms with Gasteiger partial charge < -0.3 is 14.5 Å². The molecule has 3 aromatic carbocycles. The number of halogens is 4. The zero-order chi connectivity index (χ0) is 26.1. The van der Waals surface area contributed by atoms with Crippen molar-refractivity contribution in [2.75, 3.05) is 5.32 Å². The number of anilines is 1. The van der Waals surface area contributed by atoms with E-state index in [0.717, 1.165) is 0 Å². The molecule has 5 rings (SSSR count). The monoisotopic (exact) mass is 659 g/mol. The highest BCUT2D eigenvalue weighted by molar-refractivity contribution is 9.10. The fourth-order valence-electron chi connectivity index (χ4n) is 3.44. The molecule has 0 saturated heterocycles. The van der Waals surface area contributed by atoms with E-state index in [1.165, 1.54) is 6.07 Å². The number of oxazole rings is 1. The van der Waals surface area contributed by atoms with Crippen molar-refractivity contribution in [3.63, 3.8) is 0 Å². The molecule has 0 bridgehead atoms. The molecular weight excluding hydrogens is 649 g/mol. The summed E-state index contributed by atoms with van der Waals surface area (Å²) in [6.45, 7) is 0. The maximum atomic E-state index is 13.0. The second-order valence-corrected chi connectivity index (χ2v) is 10.3. The maximum absolute atomic E-state index is 13.0. The molecule has 7 nitrogen and oxygen atoms in total. The van der Waals surface area contributed by atoms with E-state index in [1.807, 2.05) is 0 Å².